The van der Waals surface area contributed by atoms with Crippen molar-refractivity contribution in [3.63, 3.8) is 0 Å². The van der Waals surface area contributed by atoms with Crippen molar-refractivity contribution in [1.82, 2.24) is 4.90 Å². The molecule has 0 bridgehead atoms. The average Bonchev–Trinajstić information content (AvgIpc) is 2.06. The summed E-state index contributed by atoms with van der Waals surface area (Å²) in [5.41, 5.74) is 5.80. The lowest BCUT2D eigenvalue weighted by Crippen LogP contribution is -2.53. The minimum absolute atomic E-state index is 0. The van der Waals surface area contributed by atoms with Crippen molar-refractivity contribution >= 4 is 12.4 Å². The highest BCUT2D eigenvalue weighted by Crippen LogP contribution is 2.13. The molecule has 0 aromatic heterocycles. The monoisotopic (exact) mass is 194 g/mol. The molecule has 1 heterocycles. The maximum Gasteiger partial charge on any atom is 0.0594 e. The van der Waals surface area contributed by atoms with E-state index in [4.69, 9.17) is 10.5 Å². The minimum atomic E-state index is 0. The van der Waals surface area contributed by atoms with E-state index in [1.807, 2.05) is 0 Å². The zero-order valence-electron chi connectivity index (χ0n) is 7.88. The summed E-state index contributed by atoms with van der Waals surface area (Å²) in [4.78, 5) is 2.39. The maximum atomic E-state index is 5.65. The molecule has 1 saturated heterocycles. The van der Waals surface area contributed by atoms with Crippen LogP contribution in [0.25, 0.3) is 0 Å². The summed E-state index contributed by atoms with van der Waals surface area (Å²) in [6, 6.07) is 0. The van der Waals surface area contributed by atoms with Crippen LogP contribution in [0.1, 0.15) is 13.8 Å². The van der Waals surface area contributed by atoms with Gasteiger partial charge in [0.1, 0.15) is 0 Å². The zero-order valence-corrected chi connectivity index (χ0v) is 8.69. The molecule has 1 fully saturated rings. The van der Waals surface area contributed by atoms with Crippen LogP contribution in [0.5, 0.6) is 0 Å². The molecule has 4 heteroatoms. The molecular formula is C8H19ClN2O. The van der Waals surface area contributed by atoms with E-state index in [0.29, 0.717) is 6.54 Å². The Morgan fingerprint density at radius 3 is 2.25 bits per heavy atom. The van der Waals surface area contributed by atoms with Crippen LogP contribution in [0.15, 0.2) is 0 Å². The molecular weight excluding hydrogens is 176 g/mol. The molecule has 0 aromatic rings. The molecule has 0 aliphatic carbocycles. The molecule has 0 spiro atoms. The fraction of sp³-hybridized carbons (Fsp3) is 1.00. The highest BCUT2D eigenvalue weighted by atomic mass is 35.5. The second kappa shape index (κ2) is 5.02. The Morgan fingerprint density at radius 2 is 1.83 bits per heavy atom. The number of hydrogen-bond donors (Lipinski definition) is 1. The first-order chi connectivity index (χ1) is 5.17. The third kappa shape index (κ3) is 2.90. The van der Waals surface area contributed by atoms with E-state index in [-0.39, 0.29) is 17.9 Å². The Kier molecular flexibility index (Phi) is 5.09. The largest absolute Gasteiger partial charge is 0.379 e. The van der Waals surface area contributed by atoms with Gasteiger partial charge in [-0.25, -0.2) is 0 Å². The second-order valence-corrected chi connectivity index (χ2v) is 3.62. The number of nitrogens with two attached hydrogens (primary N) is 1. The Labute approximate surface area is 80.7 Å². The highest BCUT2D eigenvalue weighted by molar-refractivity contribution is 5.85. The van der Waals surface area contributed by atoms with Crippen molar-refractivity contribution in [2.24, 2.45) is 5.73 Å². The number of halogens is 1. The van der Waals surface area contributed by atoms with Gasteiger partial charge in [0.05, 0.1) is 13.2 Å². The Morgan fingerprint density at radius 1 is 1.33 bits per heavy atom. The topological polar surface area (TPSA) is 38.5 Å². The first-order valence-electron chi connectivity index (χ1n) is 4.20. The van der Waals surface area contributed by atoms with Crippen molar-refractivity contribution in [2.75, 3.05) is 32.8 Å². The predicted octanol–water partition coefficient (Wildman–Crippen LogP) is 0.478. The summed E-state index contributed by atoms with van der Waals surface area (Å²) < 4.78 is 5.26. The smallest absolute Gasteiger partial charge is 0.0594 e. The van der Waals surface area contributed by atoms with Gasteiger partial charge >= 0.3 is 0 Å². The van der Waals surface area contributed by atoms with Crippen LogP contribution in [-0.4, -0.2) is 43.3 Å². The van der Waals surface area contributed by atoms with Crippen LogP contribution in [0.3, 0.4) is 0 Å². The van der Waals surface area contributed by atoms with Gasteiger partial charge in [0.15, 0.2) is 0 Å². The van der Waals surface area contributed by atoms with Gasteiger partial charge in [-0.2, -0.15) is 0 Å². The Balaban J connectivity index is 0.00000121. The fourth-order valence-electron chi connectivity index (χ4n) is 1.30. The summed E-state index contributed by atoms with van der Waals surface area (Å²) in [5, 5.41) is 0. The lowest BCUT2D eigenvalue weighted by atomic mass is 10.0. The third-order valence-corrected chi connectivity index (χ3v) is 2.37. The average molecular weight is 195 g/mol. The molecule has 74 valence electrons. The first-order valence-corrected chi connectivity index (χ1v) is 4.20. The summed E-state index contributed by atoms with van der Waals surface area (Å²) in [6.07, 6.45) is 0. The van der Waals surface area contributed by atoms with E-state index in [2.05, 4.69) is 18.7 Å². The van der Waals surface area contributed by atoms with Crippen molar-refractivity contribution in [3.05, 3.63) is 0 Å². The van der Waals surface area contributed by atoms with Crippen LogP contribution in [-0.2, 0) is 4.74 Å². The molecule has 1 rings (SSSR count). The van der Waals surface area contributed by atoms with E-state index in [1.54, 1.807) is 0 Å². The predicted molar refractivity (Wildman–Crippen MR) is 52.8 cm³/mol. The lowest BCUT2D eigenvalue weighted by Gasteiger charge is -2.39. The van der Waals surface area contributed by atoms with Gasteiger partial charge in [0.25, 0.3) is 0 Å². The fourth-order valence-corrected chi connectivity index (χ4v) is 1.30. The number of ether oxygens (including phenoxy) is 1. The van der Waals surface area contributed by atoms with Gasteiger partial charge in [-0.05, 0) is 13.8 Å². The van der Waals surface area contributed by atoms with E-state index in [0.717, 1.165) is 26.3 Å². The standard InChI is InChI=1S/C8H18N2O.ClH/c1-8(2,7-9)10-3-5-11-6-4-10;/h3-7,9H2,1-2H3;1H. The molecule has 0 saturated carbocycles. The van der Waals surface area contributed by atoms with Gasteiger partial charge in [0, 0.05) is 25.2 Å². The van der Waals surface area contributed by atoms with E-state index in [1.165, 1.54) is 0 Å². The number of morpholine rings is 1. The SMILES string of the molecule is CC(C)(CN)N1CCOCC1.Cl. The van der Waals surface area contributed by atoms with Crippen molar-refractivity contribution in [3.8, 4) is 0 Å². The molecule has 0 atom stereocenters. The van der Waals surface area contributed by atoms with Crippen LogP contribution in [0.4, 0.5) is 0 Å². The first kappa shape index (κ1) is 12.2. The van der Waals surface area contributed by atoms with E-state index < -0.39 is 0 Å². The normalized spacial score (nSPS) is 20.2. The quantitative estimate of drug-likeness (QED) is 0.695. The minimum Gasteiger partial charge on any atom is -0.379 e. The molecule has 2 N–H and O–H groups in total. The Hall–Kier alpha value is 0.170. The lowest BCUT2D eigenvalue weighted by molar-refractivity contribution is -0.00696. The molecule has 1 aliphatic rings. The number of nitrogens with zero attached hydrogens (tertiary/aromatic N) is 1. The summed E-state index contributed by atoms with van der Waals surface area (Å²) in [5.74, 6) is 0. The highest BCUT2D eigenvalue weighted by Gasteiger charge is 2.26. The second-order valence-electron chi connectivity index (χ2n) is 3.62. The summed E-state index contributed by atoms with van der Waals surface area (Å²) in [6.45, 7) is 8.81. The third-order valence-electron chi connectivity index (χ3n) is 2.37. The summed E-state index contributed by atoms with van der Waals surface area (Å²) in [7, 11) is 0. The number of rotatable bonds is 2. The molecule has 3 nitrogen and oxygen atoms in total. The number of hydrogen-bond acceptors (Lipinski definition) is 3. The van der Waals surface area contributed by atoms with Crippen molar-refractivity contribution in [1.29, 1.82) is 0 Å². The molecule has 0 amide bonds. The molecule has 1 aliphatic heterocycles. The van der Waals surface area contributed by atoms with Gasteiger partial charge in [-0.15, -0.1) is 12.4 Å². The summed E-state index contributed by atoms with van der Waals surface area (Å²) >= 11 is 0. The molecule has 0 unspecified atom stereocenters. The van der Waals surface area contributed by atoms with E-state index >= 15 is 0 Å². The molecule has 0 radical (unpaired) electrons. The maximum absolute atomic E-state index is 5.65. The van der Waals surface area contributed by atoms with Crippen molar-refractivity contribution < 1.29 is 4.74 Å². The van der Waals surface area contributed by atoms with Crippen molar-refractivity contribution in [2.45, 2.75) is 19.4 Å². The van der Waals surface area contributed by atoms with Gasteiger partial charge in [-0.1, -0.05) is 0 Å². The van der Waals surface area contributed by atoms with Crippen LogP contribution < -0.4 is 5.73 Å². The molecule has 0 aromatic carbocycles. The van der Waals surface area contributed by atoms with Crippen LogP contribution in [0, 0.1) is 0 Å². The van der Waals surface area contributed by atoms with Crippen LogP contribution in [0.2, 0.25) is 0 Å². The Bertz CT molecular complexity index is 124. The van der Waals surface area contributed by atoms with Crippen LogP contribution >= 0.6 is 12.4 Å². The molecule has 12 heavy (non-hydrogen) atoms. The van der Waals surface area contributed by atoms with Gasteiger partial charge in [-0.3, -0.25) is 4.90 Å². The zero-order chi connectivity index (χ0) is 8.32. The van der Waals surface area contributed by atoms with E-state index in [9.17, 15) is 0 Å². The van der Waals surface area contributed by atoms with Gasteiger partial charge in [0.2, 0.25) is 0 Å². The van der Waals surface area contributed by atoms with Gasteiger partial charge < -0.3 is 10.5 Å².